The van der Waals surface area contributed by atoms with Gasteiger partial charge in [-0.25, -0.2) is 0 Å². The van der Waals surface area contributed by atoms with Gasteiger partial charge in [0.1, 0.15) is 0 Å². The van der Waals surface area contributed by atoms with Gasteiger partial charge in [-0.3, -0.25) is 4.99 Å². The molecule has 3 heteroatoms. The topological polar surface area (TPSA) is 36.4 Å². The van der Waals surface area contributed by atoms with E-state index < -0.39 is 0 Å². The van der Waals surface area contributed by atoms with Gasteiger partial charge in [-0.1, -0.05) is 31.0 Å². The fourth-order valence-corrected chi connectivity index (χ4v) is 3.38. The third kappa shape index (κ3) is 3.14. The highest BCUT2D eigenvalue weighted by atomic mass is 15.2. The standard InChI is InChI=1S/C17H25N3/c1-18-17(20-16-7-2-3-8-16)19-12-13-9-10-14-5-4-6-15(14)11-13/h9-11,16H,2-8,12H2,1H3,(H2,18,19,20). The zero-order valence-electron chi connectivity index (χ0n) is 12.4. The van der Waals surface area contributed by atoms with Crippen LogP contribution >= 0.6 is 0 Å². The maximum atomic E-state index is 4.33. The van der Waals surface area contributed by atoms with Crippen LogP contribution in [0.25, 0.3) is 0 Å². The molecule has 108 valence electrons. The zero-order valence-corrected chi connectivity index (χ0v) is 12.4. The molecule has 2 N–H and O–H groups in total. The van der Waals surface area contributed by atoms with E-state index in [1.807, 2.05) is 7.05 Å². The number of nitrogens with zero attached hydrogens (tertiary/aromatic N) is 1. The first-order valence-electron chi connectivity index (χ1n) is 7.93. The number of aliphatic imine (C=N–C) groups is 1. The number of rotatable bonds is 3. The predicted molar refractivity (Wildman–Crippen MR) is 84.1 cm³/mol. The highest BCUT2D eigenvalue weighted by molar-refractivity contribution is 5.80. The maximum absolute atomic E-state index is 4.33. The molecule has 1 aromatic rings. The molecule has 0 atom stereocenters. The Labute approximate surface area is 121 Å². The van der Waals surface area contributed by atoms with Crippen LogP contribution < -0.4 is 10.6 Å². The molecule has 0 saturated heterocycles. The number of hydrogen-bond donors (Lipinski definition) is 2. The second kappa shape index (κ2) is 6.29. The second-order valence-corrected chi connectivity index (χ2v) is 6.01. The van der Waals surface area contributed by atoms with Crippen molar-refractivity contribution >= 4 is 5.96 Å². The summed E-state index contributed by atoms with van der Waals surface area (Å²) in [7, 11) is 1.85. The van der Waals surface area contributed by atoms with Crippen LogP contribution in [0.2, 0.25) is 0 Å². The van der Waals surface area contributed by atoms with E-state index in [0.717, 1.165) is 12.5 Å². The van der Waals surface area contributed by atoms with Crippen molar-refractivity contribution in [1.29, 1.82) is 0 Å². The molecule has 0 radical (unpaired) electrons. The predicted octanol–water partition coefficient (Wildman–Crippen LogP) is 2.78. The molecule has 0 aliphatic heterocycles. The lowest BCUT2D eigenvalue weighted by Crippen LogP contribution is -2.41. The molecule has 0 bridgehead atoms. The smallest absolute Gasteiger partial charge is 0.191 e. The largest absolute Gasteiger partial charge is 0.354 e. The third-order valence-corrected chi connectivity index (χ3v) is 4.54. The molecule has 3 nitrogen and oxygen atoms in total. The van der Waals surface area contributed by atoms with Crippen LogP contribution in [0, 0.1) is 0 Å². The van der Waals surface area contributed by atoms with E-state index >= 15 is 0 Å². The highest BCUT2D eigenvalue weighted by Gasteiger charge is 2.16. The van der Waals surface area contributed by atoms with Gasteiger partial charge in [0.15, 0.2) is 5.96 Å². The molecular formula is C17H25N3. The molecular weight excluding hydrogens is 246 g/mol. The van der Waals surface area contributed by atoms with E-state index in [9.17, 15) is 0 Å². The number of guanidine groups is 1. The van der Waals surface area contributed by atoms with Crippen LogP contribution in [-0.4, -0.2) is 19.0 Å². The zero-order chi connectivity index (χ0) is 13.8. The molecule has 2 aliphatic rings. The minimum atomic E-state index is 0.612. The molecule has 20 heavy (non-hydrogen) atoms. The van der Waals surface area contributed by atoms with Crippen molar-refractivity contribution in [2.45, 2.75) is 57.5 Å². The normalized spacial score (nSPS) is 19.1. The quantitative estimate of drug-likeness (QED) is 0.655. The molecule has 0 aromatic heterocycles. The van der Waals surface area contributed by atoms with Gasteiger partial charge in [0, 0.05) is 19.6 Å². The lowest BCUT2D eigenvalue weighted by Gasteiger charge is -2.17. The average molecular weight is 271 g/mol. The Bertz CT molecular complexity index is 487. The molecule has 1 aromatic carbocycles. The first-order chi connectivity index (χ1) is 9.85. The van der Waals surface area contributed by atoms with Crippen molar-refractivity contribution in [3.63, 3.8) is 0 Å². The van der Waals surface area contributed by atoms with Gasteiger partial charge in [0.25, 0.3) is 0 Å². The molecule has 1 saturated carbocycles. The fraction of sp³-hybridized carbons (Fsp3) is 0.588. The Hall–Kier alpha value is -1.51. The number of benzene rings is 1. The van der Waals surface area contributed by atoms with E-state index in [0.29, 0.717) is 6.04 Å². The van der Waals surface area contributed by atoms with Crippen LogP contribution in [-0.2, 0) is 19.4 Å². The minimum Gasteiger partial charge on any atom is -0.354 e. The van der Waals surface area contributed by atoms with Crippen LogP contribution in [0.5, 0.6) is 0 Å². The van der Waals surface area contributed by atoms with E-state index in [1.165, 1.54) is 50.5 Å². The Balaban J connectivity index is 1.54. The average Bonchev–Trinajstić information content (AvgIpc) is 3.13. The van der Waals surface area contributed by atoms with Crippen LogP contribution in [0.15, 0.2) is 23.2 Å². The second-order valence-electron chi connectivity index (χ2n) is 6.01. The summed E-state index contributed by atoms with van der Waals surface area (Å²) in [5, 5.41) is 6.97. The monoisotopic (exact) mass is 271 g/mol. The number of nitrogens with one attached hydrogen (secondary N) is 2. The Morgan fingerprint density at radius 1 is 1.15 bits per heavy atom. The first-order valence-corrected chi connectivity index (χ1v) is 7.93. The molecule has 0 spiro atoms. The summed E-state index contributed by atoms with van der Waals surface area (Å²) in [5.41, 5.74) is 4.45. The van der Waals surface area contributed by atoms with Crippen molar-refractivity contribution in [2.24, 2.45) is 4.99 Å². The third-order valence-electron chi connectivity index (χ3n) is 4.54. The summed E-state index contributed by atoms with van der Waals surface area (Å²) >= 11 is 0. The van der Waals surface area contributed by atoms with Crippen molar-refractivity contribution in [3.05, 3.63) is 34.9 Å². The van der Waals surface area contributed by atoms with Crippen molar-refractivity contribution in [2.75, 3.05) is 7.05 Å². The highest BCUT2D eigenvalue weighted by Crippen LogP contribution is 2.22. The summed E-state index contributed by atoms with van der Waals surface area (Å²) in [6.45, 7) is 0.861. The molecule has 2 aliphatic carbocycles. The van der Waals surface area contributed by atoms with Crippen molar-refractivity contribution < 1.29 is 0 Å². The van der Waals surface area contributed by atoms with E-state index in [4.69, 9.17) is 0 Å². The number of aryl methyl sites for hydroxylation is 2. The Kier molecular flexibility index (Phi) is 4.24. The van der Waals surface area contributed by atoms with E-state index in [-0.39, 0.29) is 0 Å². The van der Waals surface area contributed by atoms with Gasteiger partial charge in [-0.15, -0.1) is 0 Å². The summed E-state index contributed by atoms with van der Waals surface area (Å²) in [5.74, 6) is 0.942. The summed E-state index contributed by atoms with van der Waals surface area (Å²) in [6, 6.07) is 7.52. The van der Waals surface area contributed by atoms with Crippen molar-refractivity contribution in [3.8, 4) is 0 Å². The number of fused-ring (bicyclic) bond motifs is 1. The summed E-state index contributed by atoms with van der Waals surface area (Å²) in [6.07, 6.45) is 9.07. The van der Waals surface area contributed by atoms with Crippen molar-refractivity contribution in [1.82, 2.24) is 10.6 Å². The molecule has 0 unspecified atom stereocenters. The lowest BCUT2D eigenvalue weighted by atomic mass is 10.1. The lowest BCUT2D eigenvalue weighted by molar-refractivity contribution is 0.613. The van der Waals surface area contributed by atoms with Gasteiger partial charge in [-0.2, -0.15) is 0 Å². The van der Waals surface area contributed by atoms with Crippen LogP contribution in [0.1, 0.15) is 48.8 Å². The van der Waals surface area contributed by atoms with Gasteiger partial charge in [0.2, 0.25) is 0 Å². The van der Waals surface area contributed by atoms with Gasteiger partial charge in [0.05, 0.1) is 0 Å². The minimum absolute atomic E-state index is 0.612. The van der Waals surface area contributed by atoms with Gasteiger partial charge >= 0.3 is 0 Å². The SMILES string of the molecule is CN=C(NCc1ccc2c(c1)CCC2)NC1CCCC1. The Morgan fingerprint density at radius 2 is 1.95 bits per heavy atom. The summed E-state index contributed by atoms with van der Waals surface area (Å²) in [4.78, 5) is 4.33. The molecule has 3 rings (SSSR count). The van der Waals surface area contributed by atoms with Crippen LogP contribution in [0.4, 0.5) is 0 Å². The first kappa shape index (κ1) is 13.5. The fourth-order valence-electron chi connectivity index (χ4n) is 3.38. The van der Waals surface area contributed by atoms with Gasteiger partial charge in [-0.05, 0) is 48.8 Å². The Morgan fingerprint density at radius 3 is 2.75 bits per heavy atom. The molecule has 0 heterocycles. The molecule has 0 amide bonds. The summed E-state index contributed by atoms with van der Waals surface area (Å²) < 4.78 is 0. The molecule has 1 fully saturated rings. The van der Waals surface area contributed by atoms with E-state index in [1.54, 1.807) is 11.1 Å². The number of hydrogen-bond acceptors (Lipinski definition) is 1. The van der Waals surface area contributed by atoms with Crippen LogP contribution in [0.3, 0.4) is 0 Å². The van der Waals surface area contributed by atoms with Gasteiger partial charge < -0.3 is 10.6 Å². The maximum Gasteiger partial charge on any atom is 0.191 e. The van der Waals surface area contributed by atoms with E-state index in [2.05, 4.69) is 33.8 Å².